The van der Waals surface area contributed by atoms with Gasteiger partial charge in [0.1, 0.15) is 17.4 Å². The number of hydrogen-bond donors (Lipinski definition) is 1. The lowest BCUT2D eigenvalue weighted by atomic mass is 10.0. The zero-order valence-corrected chi connectivity index (χ0v) is 16.1. The van der Waals surface area contributed by atoms with Gasteiger partial charge in [-0.1, -0.05) is 12.1 Å². The van der Waals surface area contributed by atoms with Gasteiger partial charge in [-0.3, -0.25) is 4.90 Å². The van der Waals surface area contributed by atoms with Crippen molar-refractivity contribution in [3.8, 4) is 5.75 Å². The molecule has 0 amide bonds. The smallest absolute Gasteiger partial charge is 0.134 e. The van der Waals surface area contributed by atoms with E-state index >= 15 is 0 Å². The molecule has 1 aromatic carbocycles. The van der Waals surface area contributed by atoms with Gasteiger partial charge in [-0.05, 0) is 37.5 Å². The number of aryl methyl sites for hydroxylation is 1. The van der Waals surface area contributed by atoms with Crippen LogP contribution in [0.3, 0.4) is 0 Å². The summed E-state index contributed by atoms with van der Waals surface area (Å²) in [7, 11) is 1.70. The summed E-state index contributed by atoms with van der Waals surface area (Å²) >= 11 is 0. The molecule has 1 atom stereocenters. The van der Waals surface area contributed by atoms with Crippen LogP contribution in [0.25, 0.3) is 0 Å². The number of hydrogen-bond acceptors (Lipinski definition) is 6. The minimum Gasteiger partial charge on any atom is -0.497 e. The SMILES string of the molecule is COc1ccc(C(CNc2cc(C)nc(C3CC3)n2)N2CCOCC2)cc1. The maximum absolute atomic E-state index is 5.55. The molecule has 27 heavy (non-hydrogen) atoms. The van der Waals surface area contributed by atoms with E-state index in [4.69, 9.17) is 14.5 Å². The van der Waals surface area contributed by atoms with E-state index in [0.29, 0.717) is 5.92 Å². The molecule has 144 valence electrons. The third kappa shape index (κ3) is 4.57. The number of methoxy groups -OCH3 is 1. The predicted molar refractivity (Wildman–Crippen MR) is 105 cm³/mol. The van der Waals surface area contributed by atoms with Gasteiger partial charge in [0.15, 0.2) is 0 Å². The number of anilines is 1. The molecule has 6 nitrogen and oxygen atoms in total. The maximum atomic E-state index is 5.55. The lowest BCUT2D eigenvalue weighted by molar-refractivity contribution is 0.0187. The topological polar surface area (TPSA) is 59.5 Å². The van der Waals surface area contributed by atoms with E-state index in [9.17, 15) is 0 Å². The normalized spacial score (nSPS) is 18.9. The largest absolute Gasteiger partial charge is 0.497 e. The van der Waals surface area contributed by atoms with Gasteiger partial charge in [-0.25, -0.2) is 9.97 Å². The van der Waals surface area contributed by atoms with Gasteiger partial charge in [0, 0.05) is 37.3 Å². The summed E-state index contributed by atoms with van der Waals surface area (Å²) in [5.74, 6) is 3.36. The van der Waals surface area contributed by atoms with Gasteiger partial charge in [0.25, 0.3) is 0 Å². The Morgan fingerprint density at radius 3 is 2.59 bits per heavy atom. The lowest BCUT2D eigenvalue weighted by Crippen LogP contribution is -2.41. The van der Waals surface area contributed by atoms with Crippen LogP contribution < -0.4 is 10.1 Å². The molecule has 2 aliphatic rings. The number of ether oxygens (including phenoxy) is 2. The molecule has 1 aliphatic heterocycles. The van der Waals surface area contributed by atoms with Gasteiger partial charge in [0.2, 0.25) is 0 Å². The van der Waals surface area contributed by atoms with Crippen molar-refractivity contribution in [2.45, 2.75) is 31.7 Å². The Morgan fingerprint density at radius 1 is 1.19 bits per heavy atom. The van der Waals surface area contributed by atoms with Crippen molar-refractivity contribution >= 4 is 5.82 Å². The van der Waals surface area contributed by atoms with Crippen molar-refractivity contribution in [2.24, 2.45) is 0 Å². The summed E-state index contributed by atoms with van der Waals surface area (Å²) in [6, 6.07) is 10.7. The van der Waals surface area contributed by atoms with Crippen LogP contribution in [-0.2, 0) is 4.74 Å². The van der Waals surface area contributed by atoms with E-state index in [-0.39, 0.29) is 6.04 Å². The number of benzene rings is 1. The number of nitrogens with one attached hydrogen (secondary N) is 1. The van der Waals surface area contributed by atoms with E-state index < -0.39 is 0 Å². The first-order valence-electron chi connectivity index (χ1n) is 9.78. The van der Waals surface area contributed by atoms with Gasteiger partial charge in [0.05, 0.1) is 26.4 Å². The second kappa shape index (κ2) is 8.23. The van der Waals surface area contributed by atoms with Crippen molar-refractivity contribution in [1.82, 2.24) is 14.9 Å². The second-order valence-electron chi connectivity index (χ2n) is 7.35. The first-order valence-corrected chi connectivity index (χ1v) is 9.78. The molecule has 6 heteroatoms. The Labute approximate surface area is 160 Å². The van der Waals surface area contributed by atoms with Crippen LogP contribution in [0.5, 0.6) is 5.75 Å². The van der Waals surface area contributed by atoms with Crippen molar-refractivity contribution in [3.05, 3.63) is 47.4 Å². The molecule has 1 unspecified atom stereocenters. The minimum absolute atomic E-state index is 0.263. The Morgan fingerprint density at radius 2 is 1.93 bits per heavy atom. The number of aromatic nitrogens is 2. The molecule has 2 heterocycles. The zero-order chi connectivity index (χ0) is 18.6. The average molecular weight is 368 g/mol. The van der Waals surface area contributed by atoms with Crippen LogP contribution in [0.15, 0.2) is 30.3 Å². The summed E-state index contributed by atoms with van der Waals surface area (Å²) < 4.78 is 10.9. The van der Waals surface area contributed by atoms with E-state index in [1.165, 1.54) is 18.4 Å². The molecule has 0 radical (unpaired) electrons. The molecule has 0 spiro atoms. The van der Waals surface area contributed by atoms with E-state index in [0.717, 1.165) is 55.9 Å². The highest BCUT2D eigenvalue weighted by Crippen LogP contribution is 2.38. The third-order valence-corrected chi connectivity index (χ3v) is 5.28. The maximum Gasteiger partial charge on any atom is 0.134 e. The van der Waals surface area contributed by atoms with Crippen LogP contribution in [0.1, 0.15) is 41.9 Å². The first-order chi connectivity index (χ1) is 13.2. The highest BCUT2D eigenvalue weighted by Gasteiger charge is 2.27. The molecule has 1 aromatic heterocycles. The van der Waals surface area contributed by atoms with E-state index in [1.807, 2.05) is 25.1 Å². The monoisotopic (exact) mass is 368 g/mol. The number of morpholine rings is 1. The predicted octanol–water partition coefficient (Wildman–Crippen LogP) is 3.16. The van der Waals surface area contributed by atoms with Crippen molar-refractivity contribution < 1.29 is 9.47 Å². The van der Waals surface area contributed by atoms with Crippen LogP contribution in [-0.4, -0.2) is 54.8 Å². The summed E-state index contributed by atoms with van der Waals surface area (Å²) in [6.07, 6.45) is 2.43. The summed E-state index contributed by atoms with van der Waals surface area (Å²) in [6.45, 7) is 6.29. The minimum atomic E-state index is 0.263. The highest BCUT2D eigenvalue weighted by atomic mass is 16.5. The number of rotatable bonds is 7. The Bertz CT molecular complexity index is 755. The Balaban J connectivity index is 1.51. The van der Waals surface area contributed by atoms with Crippen LogP contribution in [0.2, 0.25) is 0 Å². The molecule has 1 N–H and O–H groups in total. The summed E-state index contributed by atoms with van der Waals surface area (Å²) in [4.78, 5) is 11.8. The fraction of sp³-hybridized carbons (Fsp3) is 0.524. The summed E-state index contributed by atoms with van der Waals surface area (Å²) in [5.41, 5.74) is 2.31. The molecule has 2 fully saturated rings. The first kappa shape index (κ1) is 18.2. The molecule has 1 aliphatic carbocycles. The molecule has 0 bridgehead atoms. The standard InChI is InChI=1S/C21H28N4O2/c1-15-13-20(24-21(23-15)17-3-4-17)22-14-19(25-9-11-27-12-10-25)16-5-7-18(26-2)8-6-16/h5-8,13,17,19H,3-4,9-12,14H2,1-2H3,(H,22,23,24). The van der Waals surface area contributed by atoms with Crippen molar-refractivity contribution in [1.29, 1.82) is 0 Å². The van der Waals surface area contributed by atoms with Gasteiger partial charge >= 0.3 is 0 Å². The van der Waals surface area contributed by atoms with Gasteiger partial charge < -0.3 is 14.8 Å². The molecule has 1 saturated heterocycles. The van der Waals surface area contributed by atoms with E-state index in [2.05, 4.69) is 27.3 Å². The average Bonchev–Trinajstić information content (AvgIpc) is 3.54. The molecular weight excluding hydrogens is 340 g/mol. The third-order valence-electron chi connectivity index (χ3n) is 5.28. The Hall–Kier alpha value is -2.18. The van der Waals surface area contributed by atoms with Crippen LogP contribution in [0, 0.1) is 6.92 Å². The molecule has 1 saturated carbocycles. The molecule has 4 rings (SSSR count). The second-order valence-corrected chi connectivity index (χ2v) is 7.35. The quantitative estimate of drug-likeness (QED) is 0.810. The highest BCUT2D eigenvalue weighted by molar-refractivity contribution is 5.38. The number of nitrogens with zero attached hydrogens (tertiary/aromatic N) is 3. The van der Waals surface area contributed by atoms with Gasteiger partial charge in [-0.15, -0.1) is 0 Å². The van der Waals surface area contributed by atoms with Crippen molar-refractivity contribution in [3.63, 3.8) is 0 Å². The zero-order valence-electron chi connectivity index (χ0n) is 16.1. The van der Waals surface area contributed by atoms with Crippen LogP contribution in [0.4, 0.5) is 5.82 Å². The Kier molecular flexibility index (Phi) is 5.55. The fourth-order valence-electron chi connectivity index (χ4n) is 3.58. The lowest BCUT2D eigenvalue weighted by Gasteiger charge is -2.35. The molecular formula is C21H28N4O2. The summed E-state index contributed by atoms with van der Waals surface area (Å²) in [5, 5.41) is 3.57. The van der Waals surface area contributed by atoms with Gasteiger partial charge in [-0.2, -0.15) is 0 Å². The fourth-order valence-corrected chi connectivity index (χ4v) is 3.58. The molecule has 2 aromatic rings. The van der Waals surface area contributed by atoms with Crippen LogP contribution >= 0.6 is 0 Å². The van der Waals surface area contributed by atoms with Crippen molar-refractivity contribution in [2.75, 3.05) is 45.3 Å². The van der Waals surface area contributed by atoms with E-state index in [1.54, 1.807) is 7.11 Å².